The molecule has 0 fully saturated rings. The predicted molar refractivity (Wildman–Crippen MR) is 73.3 cm³/mol. The fraction of sp³-hybridized carbons (Fsp3) is 0.333. The van der Waals surface area contributed by atoms with Gasteiger partial charge in [0.2, 0.25) is 0 Å². The maximum atomic E-state index is 10.8. The number of carboxylic acid groups (broad SMARTS) is 1. The summed E-state index contributed by atoms with van der Waals surface area (Å²) in [6.45, 7) is 2.78. The number of hydrogen-bond acceptors (Lipinski definition) is 5. The summed E-state index contributed by atoms with van der Waals surface area (Å²) in [5, 5.41) is 17.0. The molecule has 0 saturated carbocycles. The zero-order valence-corrected chi connectivity index (χ0v) is 11.6. The Kier molecular flexibility index (Phi) is 4.46. The number of carboxylic acids is 1. The molecule has 2 heterocycles. The third kappa shape index (κ3) is 3.16. The molecule has 0 aliphatic carbocycles. The Morgan fingerprint density at radius 2 is 2.39 bits per heavy atom. The lowest BCUT2D eigenvalue weighted by Crippen LogP contribution is -2.19. The minimum atomic E-state index is -0.871. The number of nitrogens with one attached hydrogen (secondary N) is 1. The Morgan fingerprint density at radius 1 is 1.56 bits per heavy atom. The van der Waals surface area contributed by atoms with Gasteiger partial charge in [0.1, 0.15) is 5.01 Å². The number of thiophene rings is 1. The molecule has 4 nitrogen and oxygen atoms in total. The lowest BCUT2D eigenvalue weighted by Gasteiger charge is -2.13. The second-order valence-electron chi connectivity index (χ2n) is 3.82. The van der Waals surface area contributed by atoms with Crippen LogP contribution < -0.4 is 5.32 Å². The van der Waals surface area contributed by atoms with Crippen molar-refractivity contribution >= 4 is 28.6 Å². The molecule has 0 spiro atoms. The van der Waals surface area contributed by atoms with E-state index in [4.69, 9.17) is 5.11 Å². The van der Waals surface area contributed by atoms with Gasteiger partial charge in [-0.1, -0.05) is 6.92 Å². The van der Waals surface area contributed by atoms with E-state index < -0.39 is 5.97 Å². The first-order chi connectivity index (χ1) is 8.70. The summed E-state index contributed by atoms with van der Waals surface area (Å²) in [6, 6.07) is 1.95. The predicted octanol–water partition coefficient (Wildman–Crippen LogP) is 3.14. The van der Waals surface area contributed by atoms with E-state index in [9.17, 15) is 4.79 Å². The van der Waals surface area contributed by atoms with E-state index >= 15 is 0 Å². The van der Waals surface area contributed by atoms with Crippen LogP contribution in [0.25, 0.3) is 0 Å². The molecule has 1 unspecified atom stereocenters. The lowest BCUT2D eigenvalue weighted by atomic mass is 10.2. The van der Waals surface area contributed by atoms with E-state index in [1.807, 2.05) is 5.38 Å². The Morgan fingerprint density at radius 3 is 2.94 bits per heavy atom. The van der Waals surface area contributed by atoms with Crippen molar-refractivity contribution in [2.45, 2.75) is 25.9 Å². The summed E-state index contributed by atoms with van der Waals surface area (Å²) in [5.74, 6) is -0.871. The summed E-state index contributed by atoms with van der Waals surface area (Å²) in [4.78, 5) is 16.1. The van der Waals surface area contributed by atoms with Crippen LogP contribution in [0.4, 0.5) is 0 Å². The van der Waals surface area contributed by atoms with Crippen molar-refractivity contribution in [3.05, 3.63) is 38.5 Å². The van der Waals surface area contributed by atoms with Gasteiger partial charge < -0.3 is 10.4 Å². The molecule has 0 bridgehead atoms. The topological polar surface area (TPSA) is 62.2 Å². The molecule has 0 saturated heterocycles. The molecule has 2 aromatic heterocycles. The van der Waals surface area contributed by atoms with Crippen LogP contribution in [0.3, 0.4) is 0 Å². The first-order valence-corrected chi connectivity index (χ1v) is 7.40. The van der Waals surface area contributed by atoms with Gasteiger partial charge in [-0.05, 0) is 12.5 Å². The molecule has 0 aliphatic heterocycles. The molecule has 18 heavy (non-hydrogen) atoms. The molecule has 2 aromatic rings. The molecule has 2 rings (SSSR count). The maximum absolute atomic E-state index is 10.8. The molecule has 0 aliphatic rings. The third-order valence-electron chi connectivity index (χ3n) is 2.58. The highest BCUT2D eigenvalue weighted by molar-refractivity contribution is 7.10. The number of thiazole rings is 1. The van der Waals surface area contributed by atoms with Gasteiger partial charge in [-0.3, -0.25) is 0 Å². The molecular formula is C12H14N2O2S2. The van der Waals surface area contributed by atoms with E-state index in [0.717, 1.165) is 16.3 Å². The largest absolute Gasteiger partial charge is 0.478 e. The Balaban J connectivity index is 1.95. The second-order valence-corrected chi connectivity index (χ2v) is 5.74. The zero-order chi connectivity index (χ0) is 13.0. The van der Waals surface area contributed by atoms with Gasteiger partial charge in [-0.15, -0.1) is 22.7 Å². The standard InChI is InChI=1S/C12H14N2O2S2/c1-2-10(11-13-3-4-17-11)14-6-9-5-8(7-18-9)12(15)16/h3-5,7,10,14H,2,6H2,1H3,(H,15,16). The molecular weight excluding hydrogens is 268 g/mol. The molecule has 1 atom stereocenters. The normalized spacial score (nSPS) is 12.5. The van der Waals surface area contributed by atoms with Crippen LogP contribution in [0.1, 0.15) is 39.6 Å². The quantitative estimate of drug-likeness (QED) is 0.854. The van der Waals surface area contributed by atoms with Gasteiger partial charge in [0.05, 0.1) is 11.6 Å². The summed E-state index contributed by atoms with van der Waals surface area (Å²) < 4.78 is 0. The fourth-order valence-corrected chi connectivity index (χ4v) is 3.23. The van der Waals surface area contributed by atoms with Crippen molar-refractivity contribution in [3.8, 4) is 0 Å². The van der Waals surface area contributed by atoms with E-state index in [2.05, 4.69) is 17.2 Å². The number of rotatable bonds is 6. The second kappa shape index (κ2) is 6.08. The van der Waals surface area contributed by atoms with Crippen LogP contribution in [0.2, 0.25) is 0 Å². The fourth-order valence-electron chi connectivity index (χ4n) is 1.62. The van der Waals surface area contributed by atoms with Gasteiger partial charge in [-0.25, -0.2) is 9.78 Å². The van der Waals surface area contributed by atoms with Gasteiger partial charge in [-0.2, -0.15) is 0 Å². The van der Waals surface area contributed by atoms with Crippen molar-refractivity contribution in [1.82, 2.24) is 10.3 Å². The summed E-state index contributed by atoms with van der Waals surface area (Å²) >= 11 is 3.10. The van der Waals surface area contributed by atoms with E-state index in [-0.39, 0.29) is 6.04 Å². The van der Waals surface area contributed by atoms with E-state index in [1.165, 1.54) is 11.3 Å². The van der Waals surface area contributed by atoms with Crippen LogP contribution in [0, 0.1) is 0 Å². The molecule has 0 radical (unpaired) electrons. The van der Waals surface area contributed by atoms with Gasteiger partial charge in [0, 0.05) is 28.4 Å². The Labute approximate surface area is 113 Å². The molecule has 0 amide bonds. The highest BCUT2D eigenvalue weighted by atomic mass is 32.1. The highest BCUT2D eigenvalue weighted by Gasteiger charge is 2.12. The molecule has 96 valence electrons. The van der Waals surface area contributed by atoms with Crippen LogP contribution >= 0.6 is 22.7 Å². The molecule has 6 heteroatoms. The average Bonchev–Trinajstić information content (AvgIpc) is 3.00. The minimum absolute atomic E-state index is 0.236. The number of carbonyl (C=O) groups is 1. The number of nitrogens with zero attached hydrogens (tertiary/aromatic N) is 1. The zero-order valence-electron chi connectivity index (χ0n) is 9.92. The van der Waals surface area contributed by atoms with Crippen molar-refractivity contribution in [3.63, 3.8) is 0 Å². The van der Waals surface area contributed by atoms with Gasteiger partial charge in [0.25, 0.3) is 0 Å². The monoisotopic (exact) mass is 282 g/mol. The van der Waals surface area contributed by atoms with Gasteiger partial charge in [0.15, 0.2) is 0 Å². The summed E-state index contributed by atoms with van der Waals surface area (Å²) in [6.07, 6.45) is 2.77. The van der Waals surface area contributed by atoms with Crippen molar-refractivity contribution < 1.29 is 9.90 Å². The number of aromatic nitrogens is 1. The Bertz CT molecular complexity index is 508. The average molecular weight is 282 g/mol. The van der Waals surface area contributed by atoms with Crippen molar-refractivity contribution in [1.29, 1.82) is 0 Å². The van der Waals surface area contributed by atoms with E-state index in [0.29, 0.717) is 12.1 Å². The summed E-state index contributed by atoms with van der Waals surface area (Å²) in [5.41, 5.74) is 0.360. The summed E-state index contributed by atoms with van der Waals surface area (Å²) in [7, 11) is 0. The highest BCUT2D eigenvalue weighted by Crippen LogP contribution is 2.21. The van der Waals surface area contributed by atoms with Crippen molar-refractivity contribution in [2.75, 3.05) is 0 Å². The van der Waals surface area contributed by atoms with Crippen LogP contribution in [0.5, 0.6) is 0 Å². The first kappa shape index (κ1) is 13.2. The first-order valence-electron chi connectivity index (χ1n) is 5.64. The van der Waals surface area contributed by atoms with Crippen molar-refractivity contribution in [2.24, 2.45) is 0 Å². The smallest absolute Gasteiger partial charge is 0.336 e. The Hall–Kier alpha value is -1.24. The van der Waals surface area contributed by atoms with Crippen LogP contribution in [-0.2, 0) is 6.54 Å². The number of hydrogen-bond donors (Lipinski definition) is 2. The van der Waals surface area contributed by atoms with Crippen LogP contribution in [0.15, 0.2) is 23.0 Å². The lowest BCUT2D eigenvalue weighted by molar-refractivity contribution is 0.0697. The SMILES string of the molecule is CCC(NCc1cc(C(=O)O)cs1)c1nccs1. The van der Waals surface area contributed by atoms with E-state index in [1.54, 1.807) is 29.0 Å². The molecule has 0 aromatic carbocycles. The minimum Gasteiger partial charge on any atom is -0.478 e. The van der Waals surface area contributed by atoms with Crippen LogP contribution in [-0.4, -0.2) is 16.1 Å². The maximum Gasteiger partial charge on any atom is 0.336 e. The number of aromatic carboxylic acids is 1. The van der Waals surface area contributed by atoms with Gasteiger partial charge >= 0.3 is 5.97 Å². The molecule has 2 N–H and O–H groups in total. The third-order valence-corrected chi connectivity index (χ3v) is 4.41.